The number of hydrogen-bond acceptors (Lipinski definition) is 6. The Kier molecular flexibility index (Phi) is 6.17. The van der Waals surface area contributed by atoms with Crippen molar-refractivity contribution >= 4 is 17.6 Å². The molecule has 8 heteroatoms. The zero-order valence-corrected chi connectivity index (χ0v) is 14.0. The molecule has 0 unspecified atom stereocenters. The number of carbonyl (C=O) groups excluding carboxylic acids is 1. The molecule has 0 fully saturated rings. The van der Waals surface area contributed by atoms with E-state index in [-0.39, 0.29) is 28.7 Å². The third-order valence-corrected chi connectivity index (χ3v) is 3.83. The molecule has 1 aromatic heterocycles. The first kappa shape index (κ1) is 19.0. The van der Waals surface area contributed by atoms with Gasteiger partial charge in [0, 0.05) is 16.7 Å². The van der Waals surface area contributed by atoms with E-state index in [4.69, 9.17) is 20.8 Å². The number of aliphatic hydroxyl groups is 1. The second-order valence-corrected chi connectivity index (χ2v) is 5.55. The van der Waals surface area contributed by atoms with Gasteiger partial charge in [-0.15, -0.1) is 0 Å². The van der Waals surface area contributed by atoms with Crippen molar-refractivity contribution in [2.45, 2.75) is 25.9 Å². The lowest BCUT2D eigenvalue weighted by atomic mass is 9.91. The number of rotatable bonds is 6. The first-order valence-corrected chi connectivity index (χ1v) is 7.83. The molecule has 1 heterocycles. The lowest BCUT2D eigenvalue weighted by Gasteiger charge is -2.19. The minimum absolute atomic E-state index is 0.00857. The van der Waals surface area contributed by atoms with Gasteiger partial charge in [-0.25, -0.2) is 4.39 Å². The fraction of sp³-hybridized carbons (Fsp3) is 0.294. The lowest BCUT2D eigenvalue weighted by Crippen LogP contribution is -2.16. The summed E-state index contributed by atoms with van der Waals surface area (Å²) in [5.74, 6) is -3.92. The monoisotopic (exact) mass is 370 g/mol. The van der Waals surface area contributed by atoms with E-state index in [9.17, 15) is 24.2 Å². The topological polar surface area (TPSA) is 97.0 Å². The van der Waals surface area contributed by atoms with Gasteiger partial charge in [0.2, 0.25) is 11.2 Å². The predicted molar refractivity (Wildman–Crippen MR) is 87.1 cm³/mol. The second-order valence-electron chi connectivity index (χ2n) is 5.14. The predicted octanol–water partition coefficient (Wildman–Crippen LogP) is 2.72. The molecule has 1 atom stereocenters. The van der Waals surface area contributed by atoms with Gasteiger partial charge in [-0.2, -0.15) is 0 Å². The maximum atomic E-state index is 14.3. The Balaban J connectivity index is 2.66. The molecule has 6 nitrogen and oxygen atoms in total. The summed E-state index contributed by atoms with van der Waals surface area (Å²) in [6.07, 6.45) is -0.417. The van der Waals surface area contributed by atoms with Crippen LogP contribution in [0, 0.1) is 5.82 Å². The number of halogens is 2. The van der Waals surface area contributed by atoms with E-state index in [1.54, 1.807) is 6.92 Å². The summed E-state index contributed by atoms with van der Waals surface area (Å²) in [4.78, 5) is 23.8. The van der Waals surface area contributed by atoms with Crippen molar-refractivity contribution in [1.82, 2.24) is 0 Å². The molecule has 0 aliphatic carbocycles. The fourth-order valence-corrected chi connectivity index (χ4v) is 2.72. The zero-order valence-electron chi connectivity index (χ0n) is 13.3. The molecule has 0 amide bonds. The van der Waals surface area contributed by atoms with Crippen LogP contribution in [0.4, 0.5) is 4.39 Å². The highest BCUT2D eigenvalue weighted by atomic mass is 35.5. The fourth-order valence-electron chi connectivity index (χ4n) is 2.43. The highest BCUT2D eigenvalue weighted by Crippen LogP contribution is 2.38. The van der Waals surface area contributed by atoms with Crippen LogP contribution in [-0.4, -0.2) is 22.8 Å². The minimum Gasteiger partial charge on any atom is -0.502 e. The second kappa shape index (κ2) is 8.13. The molecular formula is C17H16ClFO6. The van der Waals surface area contributed by atoms with Crippen LogP contribution in [0.15, 0.2) is 33.5 Å². The van der Waals surface area contributed by atoms with E-state index in [0.29, 0.717) is 0 Å². The molecule has 0 saturated carbocycles. The Labute approximate surface area is 147 Å². The van der Waals surface area contributed by atoms with Gasteiger partial charge in [-0.05, 0) is 19.1 Å². The molecule has 0 saturated heterocycles. The third-order valence-electron chi connectivity index (χ3n) is 3.50. The van der Waals surface area contributed by atoms with Gasteiger partial charge >= 0.3 is 5.97 Å². The van der Waals surface area contributed by atoms with Crippen molar-refractivity contribution in [3.8, 4) is 5.75 Å². The molecule has 0 spiro atoms. The van der Waals surface area contributed by atoms with Crippen LogP contribution in [0.2, 0.25) is 5.02 Å². The van der Waals surface area contributed by atoms with Crippen LogP contribution in [0.1, 0.15) is 36.3 Å². The molecule has 0 bridgehead atoms. The molecule has 2 N–H and O–H groups in total. The highest BCUT2D eigenvalue weighted by Gasteiger charge is 2.30. The van der Waals surface area contributed by atoms with Gasteiger partial charge in [0.1, 0.15) is 18.2 Å². The molecule has 134 valence electrons. The Morgan fingerprint density at radius 3 is 2.76 bits per heavy atom. The van der Waals surface area contributed by atoms with Crippen LogP contribution in [0.5, 0.6) is 5.75 Å². The summed E-state index contributed by atoms with van der Waals surface area (Å²) in [5.41, 5.74) is -0.947. The average molecular weight is 371 g/mol. The maximum Gasteiger partial charge on any atom is 0.306 e. The van der Waals surface area contributed by atoms with Crippen LogP contribution in [-0.2, 0) is 16.1 Å². The summed E-state index contributed by atoms with van der Waals surface area (Å²) < 4.78 is 24.5. The largest absolute Gasteiger partial charge is 0.502 e. The zero-order chi connectivity index (χ0) is 18.6. The van der Waals surface area contributed by atoms with Crippen molar-refractivity contribution in [3.63, 3.8) is 0 Å². The van der Waals surface area contributed by atoms with Crippen molar-refractivity contribution in [2.75, 3.05) is 6.61 Å². The van der Waals surface area contributed by atoms with Gasteiger partial charge in [0.25, 0.3) is 0 Å². The van der Waals surface area contributed by atoms with Crippen molar-refractivity contribution in [1.29, 1.82) is 0 Å². The van der Waals surface area contributed by atoms with Crippen LogP contribution >= 0.6 is 11.6 Å². The van der Waals surface area contributed by atoms with Crippen LogP contribution in [0.25, 0.3) is 0 Å². The van der Waals surface area contributed by atoms with Gasteiger partial charge < -0.3 is 19.4 Å². The third kappa shape index (κ3) is 4.18. The SMILES string of the molecule is CCOC(=O)C[C@@H](c1oc(CO)cc(=O)c1O)c1c(F)cccc1Cl. The number of hydrogen-bond donors (Lipinski definition) is 2. The van der Waals surface area contributed by atoms with E-state index in [1.165, 1.54) is 12.1 Å². The van der Waals surface area contributed by atoms with Gasteiger partial charge in [-0.3, -0.25) is 9.59 Å². The maximum absolute atomic E-state index is 14.3. The normalized spacial score (nSPS) is 12.0. The first-order valence-electron chi connectivity index (χ1n) is 7.45. The average Bonchev–Trinajstić information content (AvgIpc) is 2.56. The van der Waals surface area contributed by atoms with E-state index in [2.05, 4.69) is 0 Å². The molecule has 0 aliphatic rings. The summed E-state index contributed by atoms with van der Waals surface area (Å²) >= 11 is 6.06. The Morgan fingerprint density at radius 1 is 1.44 bits per heavy atom. The highest BCUT2D eigenvalue weighted by molar-refractivity contribution is 6.31. The number of ether oxygens (including phenoxy) is 1. The Bertz CT molecular complexity index is 812. The smallest absolute Gasteiger partial charge is 0.306 e. The lowest BCUT2D eigenvalue weighted by molar-refractivity contribution is -0.143. The van der Waals surface area contributed by atoms with E-state index >= 15 is 0 Å². The molecular weight excluding hydrogens is 355 g/mol. The van der Waals surface area contributed by atoms with Crippen molar-refractivity contribution < 1.29 is 28.6 Å². The molecule has 0 aliphatic heterocycles. The van der Waals surface area contributed by atoms with E-state index < -0.39 is 41.9 Å². The van der Waals surface area contributed by atoms with Crippen molar-refractivity contribution in [2.24, 2.45) is 0 Å². The first-order chi connectivity index (χ1) is 11.9. The number of esters is 1. The van der Waals surface area contributed by atoms with Crippen LogP contribution < -0.4 is 5.43 Å². The molecule has 1 aromatic carbocycles. The summed E-state index contributed by atoms with van der Waals surface area (Å²) in [6.45, 7) is 1.09. The number of benzene rings is 1. The molecule has 25 heavy (non-hydrogen) atoms. The summed E-state index contributed by atoms with van der Waals surface area (Å²) in [6, 6.07) is 4.82. The summed E-state index contributed by atoms with van der Waals surface area (Å²) in [7, 11) is 0. The minimum atomic E-state index is -1.20. The van der Waals surface area contributed by atoms with Gasteiger partial charge in [-0.1, -0.05) is 17.7 Å². The van der Waals surface area contributed by atoms with Crippen molar-refractivity contribution in [3.05, 3.63) is 62.4 Å². The Hall–Kier alpha value is -2.38. The molecule has 2 rings (SSSR count). The van der Waals surface area contributed by atoms with Gasteiger partial charge in [0.15, 0.2) is 5.76 Å². The molecule has 2 aromatic rings. The standard InChI is InChI=1S/C17H16ClFO6/c1-2-24-14(22)7-10(15-11(18)4-3-5-12(15)19)17-16(23)13(21)6-9(8-20)25-17/h3-6,10,20,23H,2,7-8H2,1H3/t10-/m1/s1. The number of aromatic hydroxyl groups is 1. The van der Waals surface area contributed by atoms with E-state index in [1.807, 2.05) is 0 Å². The summed E-state index contributed by atoms with van der Waals surface area (Å²) in [5, 5.41) is 19.3. The quantitative estimate of drug-likeness (QED) is 0.759. The van der Waals surface area contributed by atoms with Crippen LogP contribution in [0.3, 0.4) is 0 Å². The number of carbonyl (C=O) groups is 1. The Morgan fingerprint density at radius 2 is 2.16 bits per heavy atom. The van der Waals surface area contributed by atoms with Gasteiger partial charge in [0.05, 0.1) is 18.9 Å². The number of aliphatic hydroxyl groups excluding tert-OH is 1. The molecule has 0 radical (unpaired) electrons. The van der Waals surface area contributed by atoms with E-state index in [0.717, 1.165) is 12.1 Å².